The molecule has 0 aliphatic carbocycles. The Kier molecular flexibility index (Phi) is 6.71. The maximum atomic E-state index is 13.1. The number of benzene rings is 1. The first kappa shape index (κ1) is 20.5. The fourth-order valence-electron chi connectivity index (χ4n) is 4.24. The van der Waals surface area contributed by atoms with E-state index >= 15 is 0 Å². The van der Waals surface area contributed by atoms with Crippen LogP contribution in [0.2, 0.25) is 0 Å². The molecule has 4 rings (SSSR count). The van der Waals surface area contributed by atoms with E-state index < -0.39 is 0 Å². The lowest BCUT2D eigenvalue weighted by Gasteiger charge is -2.42. The van der Waals surface area contributed by atoms with Crippen LogP contribution >= 0.6 is 0 Å². The molecule has 30 heavy (non-hydrogen) atoms. The van der Waals surface area contributed by atoms with Gasteiger partial charge in [-0.1, -0.05) is 24.3 Å². The fraction of sp³-hybridized carbons (Fsp3) is 0.435. The Balaban J connectivity index is 1.25. The minimum absolute atomic E-state index is 0.0121. The molecular formula is C23H29N5O2. The lowest BCUT2D eigenvalue weighted by Crippen LogP contribution is -2.58. The van der Waals surface area contributed by atoms with Crippen LogP contribution in [0.25, 0.3) is 0 Å². The zero-order valence-corrected chi connectivity index (χ0v) is 17.2. The van der Waals surface area contributed by atoms with Crippen molar-refractivity contribution in [3.8, 4) is 0 Å². The average Bonchev–Trinajstić information content (AvgIpc) is 2.80. The van der Waals surface area contributed by atoms with E-state index in [9.17, 15) is 9.59 Å². The van der Waals surface area contributed by atoms with Gasteiger partial charge >= 0.3 is 0 Å². The Morgan fingerprint density at radius 2 is 1.77 bits per heavy atom. The van der Waals surface area contributed by atoms with E-state index in [1.54, 1.807) is 6.20 Å². The Labute approximate surface area is 177 Å². The number of nitrogens with zero attached hydrogens (tertiary/aromatic N) is 4. The number of piperidine rings is 1. The summed E-state index contributed by atoms with van der Waals surface area (Å²) in [4.78, 5) is 36.0. The standard InChI is InChI=1S/C23H29N5O2/c29-22(25-17-19-7-4-5-11-24-19)18-26-13-15-27(16-14-26)21-10-6-12-28(23(21)30)20-8-2-1-3-9-20/h1-5,7-9,11,21H,6,10,12-18H2,(H,25,29)/t21-/m0/s1. The summed E-state index contributed by atoms with van der Waals surface area (Å²) in [5.41, 5.74) is 1.84. The third kappa shape index (κ3) is 5.04. The molecule has 0 spiro atoms. The highest BCUT2D eigenvalue weighted by Gasteiger charge is 2.35. The molecule has 158 valence electrons. The molecule has 2 saturated heterocycles. The van der Waals surface area contributed by atoms with Gasteiger partial charge in [0.05, 0.1) is 24.8 Å². The van der Waals surface area contributed by atoms with Crippen LogP contribution in [0.4, 0.5) is 5.69 Å². The summed E-state index contributed by atoms with van der Waals surface area (Å²) in [6.45, 7) is 4.84. The first-order chi connectivity index (χ1) is 14.7. The third-order valence-electron chi connectivity index (χ3n) is 5.89. The number of aromatic nitrogens is 1. The average molecular weight is 408 g/mol. The Morgan fingerprint density at radius 3 is 2.50 bits per heavy atom. The van der Waals surface area contributed by atoms with E-state index in [2.05, 4.69) is 20.1 Å². The van der Waals surface area contributed by atoms with Crippen LogP contribution in [-0.2, 0) is 16.1 Å². The predicted molar refractivity (Wildman–Crippen MR) is 116 cm³/mol. The molecule has 1 N–H and O–H groups in total. The summed E-state index contributed by atoms with van der Waals surface area (Å²) >= 11 is 0. The van der Waals surface area contributed by atoms with Gasteiger partial charge in [0, 0.05) is 44.6 Å². The van der Waals surface area contributed by atoms with Gasteiger partial charge in [0.1, 0.15) is 0 Å². The largest absolute Gasteiger partial charge is 0.349 e. The zero-order chi connectivity index (χ0) is 20.8. The van der Waals surface area contributed by atoms with Crippen LogP contribution in [-0.4, -0.2) is 71.9 Å². The molecule has 1 aromatic carbocycles. The molecule has 0 saturated carbocycles. The second-order valence-electron chi connectivity index (χ2n) is 7.89. The number of hydrogen-bond donors (Lipinski definition) is 1. The number of amides is 2. The molecule has 2 aliphatic heterocycles. The van der Waals surface area contributed by atoms with Crippen LogP contribution < -0.4 is 10.2 Å². The number of rotatable bonds is 6. The molecule has 2 aromatic rings. The normalized spacial score (nSPS) is 20.9. The lowest BCUT2D eigenvalue weighted by molar-refractivity contribution is -0.127. The monoisotopic (exact) mass is 407 g/mol. The van der Waals surface area contributed by atoms with Crippen molar-refractivity contribution in [2.75, 3.05) is 44.2 Å². The number of carbonyl (C=O) groups excluding carboxylic acids is 2. The Morgan fingerprint density at radius 1 is 1.00 bits per heavy atom. The maximum Gasteiger partial charge on any atom is 0.244 e. The van der Waals surface area contributed by atoms with Crippen molar-refractivity contribution in [3.63, 3.8) is 0 Å². The molecular weight excluding hydrogens is 378 g/mol. The minimum Gasteiger partial charge on any atom is -0.349 e. The van der Waals surface area contributed by atoms with Gasteiger partial charge in [0.25, 0.3) is 0 Å². The minimum atomic E-state index is -0.0564. The second-order valence-corrected chi connectivity index (χ2v) is 7.89. The van der Waals surface area contributed by atoms with Crippen molar-refractivity contribution in [2.24, 2.45) is 0 Å². The van der Waals surface area contributed by atoms with Crippen LogP contribution in [0, 0.1) is 0 Å². The number of para-hydroxylation sites is 1. The first-order valence-electron chi connectivity index (χ1n) is 10.7. The Bertz CT molecular complexity index is 837. The molecule has 2 aliphatic rings. The maximum absolute atomic E-state index is 13.1. The van der Waals surface area contributed by atoms with E-state index in [1.807, 2.05) is 53.4 Å². The van der Waals surface area contributed by atoms with Crippen LogP contribution in [0.3, 0.4) is 0 Å². The number of piperazine rings is 1. The van der Waals surface area contributed by atoms with Crippen molar-refractivity contribution in [1.82, 2.24) is 20.1 Å². The highest BCUT2D eigenvalue weighted by atomic mass is 16.2. The number of nitrogens with one attached hydrogen (secondary N) is 1. The molecule has 1 atom stereocenters. The number of anilines is 1. The highest BCUT2D eigenvalue weighted by Crippen LogP contribution is 2.24. The topological polar surface area (TPSA) is 68.8 Å². The van der Waals surface area contributed by atoms with E-state index in [1.165, 1.54) is 0 Å². The molecule has 1 aromatic heterocycles. The van der Waals surface area contributed by atoms with Crippen molar-refractivity contribution < 1.29 is 9.59 Å². The van der Waals surface area contributed by atoms with Crippen LogP contribution in [0.15, 0.2) is 54.7 Å². The van der Waals surface area contributed by atoms with Crippen LogP contribution in [0.5, 0.6) is 0 Å². The molecule has 7 heteroatoms. The molecule has 0 radical (unpaired) electrons. The summed E-state index contributed by atoms with van der Waals surface area (Å²) in [7, 11) is 0. The number of pyridine rings is 1. The van der Waals surface area contributed by atoms with Gasteiger partial charge in [-0.15, -0.1) is 0 Å². The highest BCUT2D eigenvalue weighted by molar-refractivity contribution is 5.97. The predicted octanol–water partition coefficient (Wildman–Crippen LogP) is 1.51. The fourth-order valence-corrected chi connectivity index (χ4v) is 4.24. The van der Waals surface area contributed by atoms with Gasteiger partial charge in [-0.05, 0) is 37.1 Å². The van der Waals surface area contributed by atoms with E-state index in [0.717, 1.165) is 56.9 Å². The molecule has 0 unspecified atom stereocenters. The third-order valence-corrected chi connectivity index (χ3v) is 5.89. The van der Waals surface area contributed by atoms with E-state index in [-0.39, 0.29) is 17.9 Å². The smallest absolute Gasteiger partial charge is 0.244 e. The van der Waals surface area contributed by atoms with E-state index in [0.29, 0.717) is 13.1 Å². The molecule has 7 nitrogen and oxygen atoms in total. The van der Waals surface area contributed by atoms with Gasteiger partial charge in [-0.25, -0.2) is 0 Å². The SMILES string of the molecule is O=C(CN1CCN([C@H]2CCCN(c3ccccc3)C2=O)CC1)NCc1ccccn1. The Hall–Kier alpha value is -2.77. The van der Waals surface area contributed by atoms with Crippen molar-refractivity contribution >= 4 is 17.5 Å². The molecule has 2 amide bonds. The van der Waals surface area contributed by atoms with Crippen molar-refractivity contribution in [2.45, 2.75) is 25.4 Å². The van der Waals surface area contributed by atoms with Gasteiger partial charge < -0.3 is 10.2 Å². The quantitative estimate of drug-likeness (QED) is 0.786. The summed E-state index contributed by atoms with van der Waals surface area (Å²) < 4.78 is 0. The van der Waals surface area contributed by atoms with Crippen molar-refractivity contribution in [1.29, 1.82) is 0 Å². The van der Waals surface area contributed by atoms with Gasteiger partial charge in [0.2, 0.25) is 11.8 Å². The molecule has 0 bridgehead atoms. The zero-order valence-electron chi connectivity index (χ0n) is 17.2. The molecule has 2 fully saturated rings. The van der Waals surface area contributed by atoms with Crippen molar-refractivity contribution in [3.05, 3.63) is 60.4 Å². The first-order valence-corrected chi connectivity index (χ1v) is 10.7. The summed E-state index contributed by atoms with van der Waals surface area (Å²) in [5, 5.41) is 2.93. The van der Waals surface area contributed by atoms with Gasteiger partial charge in [-0.3, -0.25) is 24.4 Å². The van der Waals surface area contributed by atoms with Gasteiger partial charge in [-0.2, -0.15) is 0 Å². The number of carbonyl (C=O) groups is 2. The summed E-state index contributed by atoms with van der Waals surface area (Å²) in [6.07, 6.45) is 3.65. The second kappa shape index (κ2) is 9.82. The van der Waals surface area contributed by atoms with E-state index in [4.69, 9.17) is 0 Å². The van der Waals surface area contributed by atoms with Crippen LogP contribution in [0.1, 0.15) is 18.5 Å². The summed E-state index contributed by atoms with van der Waals surface area (Å²) in [6, 6.07) is 15.6. The number of hydrogen-bond acceptors (Lipinski definition) is 5. The molecule has 3 heterocycles. The van der Waals surface area contributed by atoms with Gasteiger partial charge in [0.15, 0.2) is 0 Å². The summed E-state index contributed by atoms with van der Waals surface area (Å²) in [5.74, 6) is 0.215. The lowest BCUT2D eigenvalue weighted by atomic mass is 10.0.